The number of anilines is 3. The summed E-state index contributed by atoms with van der Waals surface area (Å²) in [7, 11) is 0. The fourth-order valence-corrected chi connectivity index (χ4v) is 4.86. The number of nitrogens with one attached hydrogen (secondary N) is 4. The molecular weight excluding hydrogens is 493 g/mol. The van der Waals surface area contributed by atoms with E-state index in [0.717, 1.165) is 50.2 Å². The Bertz CT molecular complexity index is 1710. The van der Waals surface area contributed by atoms with Crippen molar-refractivity contribution < 1.29 is 9.18 Å². The van der Waals surface area contributed by atoms with Gasteiger partial charge in [-0.1, -0.05) is 39.0 Å². The predicted octanol–water partition coefficient (Wildman–Crippen LogP) is 6.74. The lowest BCUT2D eigenvalue weighted by Crippen LogP contribution is -2.19. The number of amides is 1. The molecule has 0 saturated heterocycles. The van der Waals surface area contributed by atoms with Gasteiger partial charge in [-0.05, 0) is 46.9 Å². The molecule has 0 fully saturated rings. The first-order valence-corrected chi connectivity index (χ1v) is 12.7. The molecule has 6 rings (SSSR count). The molecule has 0 radical (unpaired) electrons. The molecule has 9 heteroatoms. The highest BCUT2D eigenvalue weighted by Crippen LogP contribution is 2.42. The lowest BCUT2D eigenvalue weighted by atomic mass is 9.92. The van der Waals surface area contributed by atoms with Crippen LogP contribution in [-0.4, -0.2) is 26.1 Å². The van der Waals surface area contributed by atoms with E-state index in [1.165, 1.54) is 12.1 Å². The fraction of sp³-hybridized carbons (Fsp3) is 0.200. The van der Waals surface area contributed by atoms with E-state index < -0.39 is 0 Å². The summed E-state index contributed by atoms with van der Waals surface area (Å²) in [6.07, 6.45) is 7.03. The maximum atomic E-state index is 13.9. The number of pyridine rings is 2. The molecule has 5 aromatic rings. The number of aromatic amines is 1. The Balaban J connectivity index is 1.29. The summed E-state index contributed by atoms with van der Waals surface area (Å²) in [5, 5.41) is 18.6. The SMILES string of the molecule is CC(C)(C)CC(=O)Nc1cncc(-c2ccc3n[nH]c(C4Nc5cncc(-c6cccc(F)c6)c5N4)c3c2)c1. The molecule has 1 amide bonds. The van der Waals surface area contributed by atoms with Crippen LogP contribution in [-0.2, 0) is 4.79 Å². The van der Waals surface area contributed by atoms with Crippen molar-refractivity contribution in [2.45, 2.75) is 33.4 Å². The number of nitrogens with zero attached hydrogens (tertiary/aromatic N) is 3. The first-order valence-electron chi connectivity index (χ1n) is 12.7. The van der Waals surface area contributed by atoms with Crippen molar-refractivity contribution in [3.8, 4) is 22.3 Å². The Morgan fingerprint density at radius 1 is 0.949 bits per heavy atom. The minimum absolute atomic E-state index is 0.0425. The van der Waals surface area contributed by atoms with E-state index in [1.54, 1.807) is 30.9 Å². The third-order valence-corrected chi connectivity index (χ3v) is 6.59. The zero-order valence-corrected chi connectivity index (χ0v) is 21.8. The van der Waals surface area contributed by atoms with Crippen LogP contribution in [0, 0.1) is 11.2 Å². The summed E-state index contributed by atoms with van der Waals surface area (Å²) >= 11 is 0. The van der Waals surface area contributed by atoms with E-state index in [4.69, 9.17) is 0 Å². The minimum atomic E-state index is -0.299. The number of benzene rings is 2. The van der Waals surface area contributed by atoms with Crippen molar-refractivity contribution in [2.24, 2.45) is 5.41 Å². The summed E-state index contributed by atoms with van der Waals surface area (Å²) in [4.78, 5) is 21.2. The highest BCUT2D eigenvalue weighted by molar-refractivity contribution is 5.94. The number of carbonyl (C=O) groups is 1. The smallest absolute Gasteiger partial charge is 0.224 e. The van der Waals surface area contributed by atoms with Gasteiger partial charge in [-0.2, -0.15) is 5.10 Å². The van der Waals surface area contributed by atoms with Crippen LogP contribution >= 0.6 is 0 Å². The fourth-order valence-electron chi connectivity index (χ4n) is 4.86. The van der Waals surface area contributed by atoms with E-state index >= 15 is 0 Å². The van der Waals surface area contributed by atoms with Crippen molar-refractivity contribution >= 4 is 33.9 Å². The van der Waals surface area contributed by atoms with Crippen LogP contribution < -0.4 is 16.0 Å². The van der Waals surface area contributed by atoms with Crippen LogP contribution in [0.25, 0.3) is 33.2 Å². The topological polar surface area (TPSA) is 108 Å². The molecule has 2 aromatic carbocycles. The molecule has 0 spiro atoms. The zero-order valence-electron chi connectivity index (χ0n) is 21.8. The van der Waals surface area contributed by atoms with Crippen molar-refractivity contribution in [2.75, 3.05) is 16.0 Å². The van der Waals surface area contributed by atoms with E-state index in [0.29, 0.717) is 12.1 Å². The number of aromatic nitrogens is 4. The second-order valence-corrected chi connectivity index (χ2v) is 11.0. The minimum Gasteiger partial charge on any atom is -0.358 e. The monoisotopic (exact) mass is 521 g/mol. The van der Waals surface area contributed by atoms with Gasteiger partial charge in [0.2, 0.25) is 5.91 Å². The molecule has 3 aromatic heterocycles. The van der Waals surface area contributed by atoms with Crippen LogP contribution in [0.5, 0.6) is 0 Å². The maximum Gasteiger partial charge on any atom is 0.224 e. The van der Waals surface area contributed by atoms with E-state index in [-0.39, 0.29) is 23.3 Å². The van der Waals surface area contributed by atoms with Crippen molar-refractivity contribution in [1.82, 2.24) is 20.2 Å². The highest BCUT2D eigenvalue weighted by atomic mass is 19.1. The van der Waals surface area contributed by atoms with Crippen LogP contribution in [0.1, 0.15) is 39.1 Å². The van der Waals surface area contributed by atoms with Gasteiger partial charge >= 0.3 is 0 Å². The Hall–Kier alpha value is -4.79. The van der Waals surface area contributed by atoms with Gasteiger partial charge in [0.15, 0.2) is 0 Å². The number of fused-ring (bicyclic) bond motifs is 2. The number of hydrogen-bond donors (Lipinski definition) is 4. The summed E-state index contributed by atoms with van der Waals surface area (Å²) in [5.41, 5.74) is 7.28. The number of H-pyrrole nitrogens is 1. The molecule has 0 aliphatic carbocycles. The molecule has 0 bridgehead atoms. The molecule has 1 aliphatic rings. The Morgan fingerprint density at radius 3 is 2.62 bits per heavy atom. The molecule has 4 N–H and O–H groups in total. The number of halogens is 1. The third-order valence-electron chi connectivity index (χ3n) is 6.59. The Labute approximate surface area is 225 Å². The first kappa shape index (κ1) is 24.5. The van der Waals surface area contributed by atoms with Crippen LogP contribution in [0.3, 0.4) is 0 Å². The predicted molar refractivity (Wildman–Crippen MR) is 152 cm³/mol. The summed E-state index contributed by atoms with van der Waals surface area (Å²) in [5.74, 6) is -0.342. The summed E-state index contributed by atoms with van der Waals surface area (Å²) in [6, 6.07) is 14.4. The van der Waals surface area contributed by atoms with Crippen molar-refractivity contribution in [1.29, 1.82) is 0 Å². The summed E-state index contributed by atoms with van der Waals surface area (Å²) in [6.45, 7) is 6.10. The summed E-state index contributed by atoms with van der Waals surface area (Å²) < 4.78 is 13.9. The van der Waals surface area contributed by atoms with Gasteiger partial charge in [0.25, 0.3) is 0 Å². The molecule has 196 valence electrons. The van der Waals surface area contributed by atoms with Crippen LogP contribution in [0.2, 0.25) is 0 Å². The molecule has 8 nitrogen and oxygen atoms in total. The Kier molecular flexibility index (Phi) is 5.98. The van der Waals surface area contributed by atoms with Gasteiger partial charge in [0.1, 0.15) is 12.0 Å². The first-order chi connectivity index (χ1) is 18.7. The average molecular weight is 522 g/mol. The molecule has 0 saturated carbocycles. The molecule has 1 atom stereocenters. The van der Waals surface area contributed by atoms with E-state index in [9.17, 15) is 9.18 Å². The van der Waals surface area contributed by atoms with Gasteiger partial charge < -0.3 is 16.0 Å². The third kappa shape index (κ3) is 5.03. The standard InChI is InChI=1S/C30H28FN7O/c1-30(2,3)12-26(39)34-21-10-19(13-32-14-21)17-7-8-24-22(11-17)28(38-37-24)29-35-25-16-33-15-23(27(25)36-29)18-5-4-6-20(31)9-18/h4-11,13-16,29,35-36H,12H2,1-3H3,(H,34,39)(H,37,38). The van der Waals surface area contributed by atoms with Gasteiger partial charge in [-0.3, -0.25) is 19.9 Å². The van der Waals surface area contributed by atoms with Crippen LogP contribution in [0.15, 0.2) is 73.3 Å². The van der Waals surface area contributed by atoms with Gasteiger partial charge in [0, 0.05) is 35.3 Å². The number of carbonyl (C=O) groups excluding carboxylic acids is 1. The normalized spacial score (nSPS) is 14.5. The zero-order chi connectivity index (χ0) is 27.1. The molecule has 1 aliphatic heterocycles. The quantitative estimate of drug-likeness (QED) is 0.204. The van der Waals surface area contributed by atoms with E-state index in [1.807, 2.05) is 45.0 Å². The number of rotatable bonds is 5. The Morgan fingerprint density at radius 2 is 1.79 bits per heavy atom. The van der Waals surface area contributed by atoms with Gasteiger partial charge in [-0.15, -0.1) is 0 Å². The van der Waals surface area contributed by atoms with Crippen molar-refractivity contribution in [3.63, 3.8) is 0 Å². The molecule has 39 heavy (non-hydrogen) atoms. The second kappa shape index (κ2) is 9.50. The maximum absolute atomic E-state index is 13.9. The average Bonchev–Trinajstić information content (AvgIpc) is 3.51. The lowest BCUT2D eigenvalue weighted by Gasteiger charge is -2.17. The van der Waals surface area contributed by atoms with E-state index in [2.05, 4.69) is 42.2 Å². The molecule has 4 heterocycles. The molecule has 1 unspecified atom stereocenters. The molecular formula is C30H28FN7O. The second-order valence-electron chi connectivity index (χ2n) is 11.0. The largest absolute Gasteiger partial charge is 0.358 e. The number of hydrogen-bond acceptors (Lipinski definition) is 6. The van der Waals surface area contributed by atoms with Gasteiger partial charge in [0.05, 0.1) is 40.7 Å². The van der Waals surface area contributed by atoms with Crippen molar-refractivity contribution in [3.05, 3.63) is 84.8 Å². The lowest BCUT2D eigenvalue weighted by molar-refractivity contribution is -0.117. The highest BCUT2D eigenvalue weighted by Gasteiger charge is 2.27. The van der Waals surface area contributed by atoms with Crippen LogP contribution in [0.4, 0.5) is 21.5 Å². The van der Waals surface area contributed by atoms with Gasteiger partial charge in [-0.25, -0.2) is 4.39 Å².